The van der Waals surface area contributed by atoms with Crippen LogP contribution in [0.1, 0.15) is 12.2 Å². The van der Waals surface area contributed by atoms with Crippen LogP contribution in [0.4, 0.5) is 11.4 Å². The molecule has 0 saturated carbocycles. The van der Waals surface area contributed by atoms with Crippen LogP contribution in [0, 0.1) is 0 Å². The number of nitrogens with one attached hydrogen (secondary N) is 2. The van der Waals surface area contributed by atoms with Crippen LogP contribution < -0.4 is 10.2 Å². The smallest absolute Gasteiger partial charge is 0.256 e. The van der Waals surface area contributed by atoms with Crippen LogP contribution in [0.15, 0.2) is 83.6 Å². The summed E-state index contributed by atoms with van der Waals surface area (Å²) in [6.07, 6.45) is 3.38. The van der Waals surface area contributed by atoms with E-state index in [1.807, 2.05) is 66.9 Å². The molecule has 0 aliphatic carbocycles. The first-order valence-corrected chi connectivity index (χ1v) is 10.6. The lowest BCUT2D eigenvalue weighted by atomic mass is 10.1. The van der Waals surface area contributed by atoms with E-state index < -0.39 is 6.04 Å². The molecule has 2 amide bonds. The number of rotatable bonds is 6. The number of thiocarbonyl (C=S) groups is 1. The molecule has 1 aliphatic rings. The molecule has 5 rings (SSSR count). The van der Waals surface area contributed by atoms with Gasteiger partial charge in [0, 0.05) is 17.4 Å². The lowest BCUT2D eigenvalue weighted by molar-refractivity contribution is -0.124. The van der Waals surface area contributed by atoms with Crippen molar-refractivity contribution in [2.24, 2.45) is 0 Å². The number of aromatic amines is 1. The van der Waals surface area contributed by atoms with E-state index in [1.165, 1.54) is 4.90 Å². The number of anilines is 2. The van der Waals surface area contributed by atoms with Crippen LogP contribution in [-0.2, 0) is 16.1 Å². The summed E-state index contributed by atoms with van der Waals surface area (Å²) in [7, 11) is 0. The molecule has 2 aromatic heterocycles. The van der Waals surface area contributed by atoms with Gasteiger partial charge in [0.25, 0.3) is 5.91 Å². The Hall–Kier alpha value is -3.91. The standard InChI is InChI=1S/C24H20N4O3S/c29-22(26-17-9-8-16-10-11-25-20(16)13-17)14-21-23(30)28(18-5-2-1-3-6-18)24(32)27(21)15-19-7-4-12-31-19/h1-13,21,25H,14-15H2,(H,26,29). The third kappa shape index (κ3) is 3.76. The van der Waals surface area contributed by atoms with Crippen molar-refractivity contribution in [2.75, 3.05) is 10.2 Å². The molecule has 1 fully saturated rings. The van der Waals surface area contributed by atoms with Crippen molar-refractivity contribution in [3.05, 3.63) is 85.0 Å². The van der Waals surface area contributed by atoms with E-state index in [0.29, 0.717) is 28.8 Å². The summed E-state index contributed by atoms with van der Waals surface area (Å²) in [4.78, 5) is 32.6. The Morgan fingerprint density at radius 2 is 1.94 bits per heavy atom. The van der Waals surface area contributed by atoms with Gasteiger partial charge in [-0.15, -0.1) is 0 Å². The zero-order valence-corrected chi connectivity index (χ0v) is 17.8. The highest BCUT2D eigenvalue weighted by atomic mass is 32.1. The van der Waals surface area contributed by atoms with Crippen LogP contribution in [0.25, 0.3) is 10.9 Å². The number of para-hydroxylation sites is 1. The molecule has 1 aliphatic heterocycles. The minimum absolute atomic E-state index is 0.0359. The van der Waals surface area contributed by atoms with Crippen molar-refractivity contribution in [1.82, 2.24) is 9.88 Å². The summed E-state index contributed by atoms with van der Waals surface area (Å²) in [6.45, 7) is 0.299. The third-order valence-electron chi connectivity index (χ3n) is 5.46. The highest BCUT2D eigenvalue weighted by Gasteiger charge is 2.44. The van der Waals surface area contributed by atoms with Gasteiger partial charge in [0.1, 0.15) is 11.8 Å². The van der Waals surface area contributed by atoms with Crippen molar-refractivity contribution >= 4 is 51.4 Å². The van der Waals surface area contributed by atoms with Gasteiger partial charge in [0.05, 0.1) is 24.9 Å². The summed E-state index contributed by atoms with van der Waals surface area (Å²) in [5, 5.41) is 4.31. The van der Waals surface area contributed by atoms with Crippen molar-refractivity contribution in [1.29, 1.82) is 0 Å². The Morgan fingerprint density at radius 3 is 2.72 bits per heavy atom. The lowest BCUT2D eigenvalue weighted by Crippen LogP contribution is -2.37. The van der Waals surface area contributed by atoms with Crippen molar-refractivity contribution < 1.29 is 14.0 Å². The number of H-pyrrole nitrogens is 1. The molecule has 160 valence electrons. The number of hydrogen-bond donors (Lipinski definition) is 2. The van der Waals surface area contributed by atoms with Crippen molar-refractivity contribution in [3.8, 4) is 0 Å². The summed E-state index contributed by atoms with van der Waals surface area (Å²) in [5.74, 6) is 0.164. The van der Waals surface area contributed by atoms with Crippen LogP contribution in [0.3, 0.4) is 0 Å². The molecule has 2 N–H and O–H groups in total. The topological polar surface area (TPSA) is 81.6 Å². The zero-order chi connectivity index (χ0) is 22.1. The Balaban J connectivity index is 1.39. The first-order valence-electron chi connectivity index (χ1n) is 10.2. The number of aromatic nitrogens is 1. The maximum absolute atomic E-state index is 13.4. The summed E-state index contributed by atoms with van der Waals surface area (Å²) in [6, 6.07) is 19.7. The van der Waals surface area contributed by atoms with E-state index in [4.69, 9.17) is 16.6 Å². The van der Waals surface area contributed by atoms with Crippen molar-refractivity contribution in [2.45, 2.75) is 19.0 Å². The summed E-state index contributed by atoms with van der Waals surface area (Å²) < 4.78 is 5.47. The Morgan fingerprint density at radius 1 is 1.09 bits per heavy atom. The van der Waals surface area contributed by atoms with E-state index in [9.17, 15) is 9.59 Å². The number of carbonyl (C=O) groups excluding carboxylic acids is 2. The van der Waals surface area contributed by atoms with Crippen LogP contribution in [0.5, 0.6) is 0 Å². The van der Waals surface area contributed by atoms with E-state index in [0.717, 1.165) is 10.9 Å². The zero-order valence-electron chi connectivity index (χ0n) is 17.0. The number of fused-ring (bicyclic) bond motifs is 1. The molecule has 8 heteroatoms. The molecule has 7 nitrogen and oxygen atoms in total. The van der Waals surface area contributed by atoms with E-state index >= 15 is 0 Å². The fraction of sp³-hybridized carbons (Fsp3) is 0.125. The van der Waals surface area contributed by atoms with Gasteiger partial charge in [-0.25, -0.2) is 0 Å². The van der Waals surface area contributed by atoms with Gasteiger partial charge in [-0.2, -0.15) is 0 Å². The van der Waals surface area contributed by atoms with Gasteiger partial charge >= 0.3 is 0 Å². The highest BCUT2D eigenvalue weighted by molar-refractivity contribution is 7.80. The summed E-state index contributed by atoms with van der Waals surface area (Å²) >= 11 is 5.65. The molecule has 1 atom stereocenters. The van der Waals surface area contributed by atoms with Gasteiger partial charge < -0.3 is 19.6 Å². The molecule has 2 aromatic carbocycles. The number of nitrogens with zero attached hydrogens (tertiary/aromatic N) is 2. The minimum Gasteiger partial charge on any atom is -0.467 e. The second kappa shape index (κ2) is 8.32. The Labute approximate surface area is 189 Å². The Bertz CT molecular complexity index is 1280. The lowest BCUT2D eigenvalue weighted by Gasteiger charge is -2.22. The van der Waals surface area contributed by atoms with Gasteiger partial charge in [0.2, 0.25) is 5.91 Å². The molecule has 0 radical (unpaired) electrons. The molecule has 0 bridgehead atoms. The molecule has 4 aromatic rings. The SMILES string of the molecule is O=C(CC1C(=O)N(c2ccccc2)C(=S)N1Cc1ccco1)Nc1ccc2cc[nH]c2c1. The maximum Gasteiger partial charge on any atom is 0.256 e. The van der Waals surface area contributed by atoms with Crippen LogP contribution >= 0.6 is 12.2 Å². The number of benzene rings is 2. The molecule has 1 unspecified atom stereocenters. The van der Waals surface area contributed by atoms with Gasteiger partial charge in [-0.3, -0.25) is 14.5 Å². The van der Waals surface area contributed by atoms with E-state index in [1.54, 1.807) is 17.2 Å². The fourth-order valence-corrected chi connectivity index (χ4v) is 4.30. The monoisotopic (exact) mass is 444 g/mol. The average Bonchev–Trinajstić information content (AvgIpc) is 3.52. The predicted molar refractivity (Wildman–Crippen MR) is 126 cm³/mol. The average molecular weight is 445 g/mol. The third-order valence-corrected chi connectivity index (χ3v) is 5.87. The quantitative estimate of drug-likeness (QED) is 0.434. The number of furan rings is 1. The van der Waals surface area contributed by atoms with Gasteiger partial charge in [-0.1, -0.05) is 24.3 Å². The minimum atomic E-state index is -0.734. The van der Waals surface area contributed by atoms with E-state index in [2.05, 4.69) is 10.3 Å². The molecule has 32 heavy (non-hydrogen) atoms. The molecular weight excluding hydrogens is 424 g/mol. The Kier molecular flexibility index (Phi) is 5.20. The first kappa shape index (κ1) is 20.0. The first-order chi connectivity index (χ1) is 15.6. The van der Waals surface area contributed by atoms with Crippen LogP contribution in [-0.4, -0.2) is 32.9 Å². The molecule has 1 saturated heterocycles. The maximum atomic E-state index is 13.4. The van der Waals surface area contributed by atoms with E-state index in [-0.39, 0.29) is 18.2 Å². The molecule has 3 heterocycles. The van der Waals surface area contributed by atoms with Crippen LogP contribution in [0.2, 0.25) is 0 Å². The molecule has 0 spiro atoms. The normalized spacial score (nSPS) is 16.2. The second-order valence-corrected chi connectivity index (χ2v) is 7.91. The van der Waals surface area contributed by atoms with Crippen molar-refractivity contribution in [3.63, 3.8) is 0 Å². The number of carbonyl (C=O) groups is 2. The second-order valence-electron chi connectivity index (χ2n) is 7.55. The number of amides is 2. The largest absolute Gasteiger partial charge is 0.467 e. The number of hydrogen-bond acceptors (Lipinski definition) is 4. The molecular formula is C24H20N4O3S. The fourth-order valence-electron chi connectivity index (χ4n) is 3.91. The predicted octanol–water partition coefficient (Wildman–Crippen LogP) is 4.29. The highest BCUT2D eigenvalue weighted by Crippen LogP contribution is 2.29. The summed E-state index contributed by atoms with van der Waals surface area (Å²) in [5.41, 5.74) is 2.26. The van der Waals surface area contributed by atoms with Gasteiger partial charge in [-0.05, 0) is 60.1 Å². The van der Waals surface area contributed by atoms with Gasteiger partial charge in [0.15, 0.2) is 5.11 Å².